The van der Waals surface area contributed by atoms with Gasteiger partial charge in [-0.1, -0.05) is 0 Å². The van der Waals surface area contributed by atoms with E-state index in [9.17, 15) is 15.3 Å². The minimum Gasteiger partial charge on any atom is -1.00 e. The number of phenols is 3. The highest BCUT2D eigenvalue weighted by Gasteiger charge is 2.20. The van der Waals surface area contributed by atoms with E-state index in [1.807, 2.05) is 0 Å². The van der Waals surface area contributed by atoms with Crippen molar-refractivity contribution in [2.24, 2.45) is 15.0 Å². The van der Waals surface area contributed by atoms with Crippen molar-refractivity contribution in [1.82, 2.24) is 0 Å². The van der Waals surface area contributed by atoms with Gasteiger partial charge in [0.2, 0.25) is 0 Å². The fourth-order valence-corrected chi connectivity index (χ4v) is 4.01. The van der Waals surface area contributed by atoms with Gasteiger partial charge in [0, 0.05) is 35.3 Å². The molecule has 0 spiro atoms. The van der Waals surface area contributed by atoms with Crippen molar-refractivity contribution in [2.45, 2.75) is 0 Å². The first-order valence-electron chi connectivity index (χ1n) is 13.2. The lowest BCUT2D eigenvalue weighted by Gasteiger charge is -2.33. The van der Waals surface area contributed by atoms with Crippen molar-refractivity contribution in [3.05, 3.63) is 71.3 Å². The number of ether oxygens (including phenoxy) is 3. The number of phenolic OH excluding ortho intramolecular Hbond substituents is 3. The Morgan fingerprint density at radius 2 is 0.857 bits per heavy atom. The van der Waals surface area contributed by atoms with E-state index >= 15 is 0 Å². The third-order valence-electron chi connectivity index (χ3n) is 6.70. The third-order valence-corrected chi connectivity index (χ3v) is 6.70. The van der Waals surface area contributed by atoms with Crippen molar-refractivity contribution in [1.29, 1.82) is 0 Å². The Bertz CT molecular complexity index is 1220. The van der Waals surface area contributed by atoms with Gasteiger partial charge in [0.1, 0.15) is 34.5 Å². The highest BCUT2D eigenvalue weighted by Crippen LogP contribution is 2.23. The standard InChI is InChI=1S/C31H38N4O6.HI/c1-35(14-11-32-20-23-17-26(39-2)5-8-29(23)36,15-12-33-21-24-18-27(40-3)6-9-30(24)37)16-13-34-22-25-19-28(41-4)7-10-31(25)38;/h5-10,17-22H,11-16H2,1-4H3,(H2-,32,33,34,36,37,38);1H. The van der Waals surface area contributed by atoms with Crippen LogP contribution in [-0.2, 0) is 0 Å². The van der Waals surface area contributed by atoms with Crippen LogP contribution in [0.4, 0.5) is 0 Å². The van der Waals surface area contributed by atoms with Crippen LogP contribution in [0.15, 0.2) is 69.6 Å². The zero-order valence-electron chi connectivity index (χ0n) is 24.4. The summed E-state index contributed by atoms with van der Waals surface area (Å²) in [5.74, 6) is 2.34. The van der Waals surface area contributed by atoms with Gasteiger partial charge in [-0.2, -0.15) is 0 Å². The molecule has 0 radical (unpaired) electrons. The first-order chi connectivity index (χ1) is 19.8. The van der Waals surface area contributed by atoms with E-state index in [4.69, 9.17) is 14.2 Å². The average molecular weight is 691 g/mol. The minimum atomic E-state index is 0. The van der Waals surface area contributed by atoms with Crippen LogP contribution in [0.25, 0.3) is 0 Å². The molecule has 3 aromatic carbocycles. The van der Waals surface area contributed by atoms with Gasteiger partial charge in [-0.15, -0.1) is 0 Å². The molecule has 10 nitrogen and oxygen atoms in total. The largest absolute Gasteiger partial charge is 1.00 e. The molecule has 226 valence electrons. The molecule has 0 aliphatic rings. The molecule has 0 unspecified atom stereocenters. The summed E-state index contributed by atoms with van der Waals surface area (Å²) in [4.78, 5) is 13.6. The average Bonchev–Trinajstić information content (AvgIpc) is 2.98. The lowest BCUT2D eigenvalue weighted by atomic mass is 10.2. The number of aromatic hydroxyl groups is 3. The minimum absolute atomic E-state index is 0. The van der Waals surface area contributed by atoms with Gasteiger partial charge in [0.15, 0.2) is 0 Å². The van der Waals surface area contributed by atoms with Crippen LogP contribution in [0.1, 0.15) is 16.7 Å². The number of benzene rings is 3. The van der Waals surface area contributed by atoms with Gasteiger partial charge in [0.05, 0.1) is 67.6 Å². The van der Waals surface area contributed by atoms with E-state index in [-0.39, 0.29) is 41.2 Å². The second-order valence-electron chi connectivity index (χ2n) is 9.67. The third kappa shape index (κ3) is 10.5. The van der Waals surface area contributed by atoms with Gasteiger partial charge in [-0.05, 0) is 54.6 Å². The van der Waals surface area contributed by atoms with Crippen molar-refractivity contribution in [3.63, 3.8) is 0 Å². The zero-order chi connectivity index (χ0) is 29.7. The van der Waals surface area contributed by atoms with Crippen LogP contribution < -0.4 is 38.2 Å². The van der Waals surface area contributed by atoms with Crippen LogP contribution in [0.5, 0.6) is 34.5 Å². The van der Waals surface area contributed by atoms with Crippen LogP contribution in [-0.4, -0.2) is 106 Å². The molecular weight excluding hydrogens is 651 g/mol. The Labute approximate surface area is 264 Å². The summed E-state index contributed by atoms with van der Waals surface area (Å²) in [6, 6.07) is 15.0. The topological polar surface area (TPSA) is 125 Å². The van der Waals surface area contributed by atoms with Crippen molar-refractivity contribution in [3.8, 4) is 34.5 Å². The van der Waals surface area contributed by atoms with E-state index < -0.39 is 0 Å². The first-order valence-corrected chi connectivity index (χ1v) is 13.2. The smallest absolute Gasteiger partial charge is 0.124 e. The summed E-state index contributed by atoms with van der Waals surface area (Å²) in [5.41, 5.74) is 1.76. The molecule has 0 aliphatic carbocycles. The molecule has 0 atom stereocenters. The summed E-state index contributed by atoms with van der Waals surface area (Å²) in [7, 11) is 6.85. The van der Waals surface area contributed by atoms with E-state index in [1.54, 1.807) is 94.6 Å². The van der Waals surface area contributed by atoms with Gasteiger partial charge in [0.25, 0.3) is 0 Å². The fourth-order valence-electron chi connectivity index (χ4n) is 4.01. The Morgan fingerprint density at radius 3 is 1.12 bits per heavy atom. The van der Waals surface area contributed by atoms with Crippen molar-refractivity contribution >= 4 is 18.6 Å². The number of nitrogens with zero attached hydrogens (tertiary/aromatic N) is 4. The van der Waals surface area contributed by atoms with Crippen LogP contribution in [0, 0.1) is 0 Å². The number of likely N-dealkylation sites (N-methyl/N-ethyl adjacent to an activating group) is 1. The lowest BCUT2D eigenvalue weighted by molar-refractivity contribution is -0.905. The summed E-state index contributed by atoms with van der Waals surface area (Å²) >= 11 is 0. The Kier molecular flexibility index (Phi) is 14.1. The van der Waals surface area contributed by atoms with E-state index in [0.29, 0.717) is 77.7 Å². The molecule has 0 heterocycles. The summed E-state index contributed by atoms with van der Waals surface area (Å²) in [6.07, 6.45) is 4.95. The molecule has 42 heavy (non-hydrogen) atoms. The number of rotatable bonds is 15. The second-order valence-corrected chi connectivity index (χ2v) is 9.67. The number of quaternary nitrogens is 1. The number of aliphatic imine (C=N–C) groups is 3. The summed E-state index contributed by atoms with van der Waals surface area (Å²) in [5, 5.41) is 30.4. The molecule has 0 saturated heterocycles. The summed E-state index contributed by atoms with van der Waals surface area (Å²) < 4.78 is 16.3. The Morgan fingerprint density at radius 1 is 0.571 bits per heavy atom. The maximum Gasteiger partial charge on any atom is 0.124 e. The first kappa shape index (κ1) is 34.4. The van der Waals surface area contributed by atoms with Crippen molar-refractivity contribution < 1.29 is 58.0 Å². The molecule has 3 rings (SSSR count). The van der Waals surface area contributed by atoms with Crippen LogP contribution in [0.3, 0.4) is 0 Å². The number of hydrogen-bond donors (Lipinski definition) is 3. The molecule has 0 bridgehead atoms. The molecule has 3 N–H and O–H groups in total. The van der Waals surface area contributed by atoms with Crippen molar-refractivity contribution in [2.75, 3.05) is 67.6 Å². The quantitative estimate of drug-likeness (QED) is 0.124. The van der Waals surface area contributed by atoms with Gasteiger partial charge in [-0.3, -0.25) is 15.0 Å². The van der Waals surface area contributed by atoms with E-state index in [2.05, 4.69) is 22.0 Å². The van der Waals surface area contributed by atoms with Crippen LogP contribution in [0.2, 0.25) is 0 Å². The highest BCUT2D eigenvalue weighted by molar-refractivity contribution is 5.85. The lowest BCUT2D eigenvalue weighted by Crippen LogP contribution is -3.00. The van der Waals surface area contributed by atoms with E-state index in [1.165, 1.54) is 0 Å². The zero-order valence-corrected chi connectivity index (χ0v) is 26.6. The van der Waals surface area contributed by atoms with Crippen LogP contribution >= 0.6 is 0 Å². The number of halogens is 1. The molecular formula is C31H39IN4O6. The second kappa shape index (κ2) is 17.2. The predicted octanol–water partition coefficient (Wildman–Crippen LogP) is 0.937. The molecule has 0 saturated carbocycles. The molecule has 0 aromatic heterocycles. The monoisotopic (exact) mass is 690 g/mol. The van der Waals surface area contributed by atoms with Gasteiger partial charge >= 0.3 is 0 Å². The van der Waals surface area contributed by atoms with E-state index in [0.717, 1.165) is 0 Å². The maximum absolute atomic E-state index is 10.1. The maximum atomic E-state index is 10.1. The molecule has 3 aromatic rings. The van der Waals surface area contributed by atoms with Gasteiger partial charge in [-0.25, -0.2) is 0 Å². The molecule has 0 amide bonds. The molecule has 0 aliphatic heterocycles. The SMILES string of the molecule is COc1ccc(O)c(C=NCC[N+](C)(CCN=Cc2cc(OC)ccc2O)CCN=Cc2cc(OC)ccc2O)c1.[I-]. The fraction of sp³-hybridized carbons (Fsp3) is 0.323. The molecule has 11 heteroatoms. The summed E-state index contributed by atoms with van der Waals surface area (Å²) in [6.45, 7) is 3.69. The predicted molar refractivity (Wildman–Crippen MR) is 162 cm³/mol. The Hall–Kier alpha value is -3.84. The van der Waals surface area contributed by atoms with Gasteiger partial charge < -0.3 is 58.0 Å². The number of methoxy groups -OCH3 is 3. The highest BCUT2D eigenvalue weighted by atomic mass is 127. The Balaban J connectivity index is 0.00000616. The number of hydrogen-bond acceptors (Lipinski definition) is 9. The molecule has 0 fully saturated rings. The normalized spacial score (nSPS) is 12.9.